The molecule has 19 heavy (non-hydrogen) atoms. The zero-order valence-corrected chi connectivity index (χ0v) is 11.9. The molecule has 2 rings (SSSR count). The lowest BCUT2D eigenvalue weighted by Crippen LogP contribution is -2.45. The van der Waals surface area contributed by atoms with Crippen LogP contribution in [0.3, 0.4) is 0 Å². The number of benzene rings is 1. The maximum atomic E-state index is 12.0. The Morgan fingerprint density at radius 1 is 1.32 bits per heavy atom. The highest BCUT2D eigenvalue weighted by molar-refractivity contribution is 7.80. The van der Waals surface area contributed by atoms with E-state index in [9.17, 15) is 4.79 Å². The van der Waals surface area contributed by atoms with Crippen molar-refractivity contribution >= 4 is 23.3 Å². The van der Waals surface area contributed by atoms with Crippen LogP contribution in [0.15, 0.2) is 35.5 Å². The van der Waals surface area contributed by atoms with Crippen molar-refractivity contribution in [1.82, 2.24) is 10.6 Å². The van der Waals surface area contributed by atoms with Gasteiger partial charge in [-0.25, -0.2) is 4.79 Å². The van der Waals surface area contributed by atoms with Crippen LogP contribution in [0, 0.1) is 6.92 Å². The molecule has 0 saturated carbocycles. The van der Waals surface area contributed by atoms with Gasteiger partial charge >= 0.3 is 5.97 Å². The summed E-state index contributed by atoms with van der Waals surface area (Å²) in [5, 5.41) is 6.61. The molecule has 1 aromatic rings. The second kappa shape index (κ2) is 5.40. The fourth-order valence-corrected chi connectivity index (χ4v) is 2.49. The summed E-state index contributed by atoms with van der Waals surface area (Å²) in [6.07, 6.45) is 0. The van der Waals surface area contributed by atoms with Gasteiger partial charge in [-0.1, -0.05) is 24.3 Å². The number of aryl methyl sites for hydroxylation is 1. The minimum absolute atomic E-state index is 0.276. The standard InChI is InChI=1S/C14H16N2O2S/c1-8-6-4-5-7-10(8)12-11(13(17)18-3)9(2)15-14(19)16-12/h4-7,12H,1-3H3,(H2,15,16,19)/t12-/m1/s1. The second-order valence-electron chi connectivity index (χ2n) is 4.42. The van der Waals surface area contributed by atoms with Gasteiger partial charge in [-0.3, -0.25) is 0 Å². The van der Waals surface area contributed by atoms with Crippen LogP contribution in [0.5, 0.6) is 0 Å². The van der Waals surface area contributed by atoms with Crippen LogP contribution in [0.4, 0.5) is 0 Å². The van der Waals surface area contributed by atoms with Crippen LogP contribution in [-0.4, -0.2) is 18.2 Å². The fraction of sp³-hybridized carbons (Fsp3) is 0.286. The molecule has 0 unspecified atom stereocenters. The number of rotatable bonds is 2. The summed E-state index contributed by atoms with van der Waals surface area (Å²) >= 11 is 5.17. The molecule has 1 aromatic carbocycles. The Hall–Kier alpha value is -1.88. The van der Waals surface area contributed by atoms with E-state index in [2.05, 4.69) is 10.6 Å². The molecular weight excluding hydrogens is 260 g/mol. The van der Waals surface area contributed by atoms with Gasteiger partial charge in [0.05, 0.1) is 18.7 Å². The first kappa shape index (κ1) is 13.5. The van der Waals surface area contributed by atoms with Crippen molar-refractivity contribution in [3.63, 3.8) is 0 Å². The van der Waals surface area contributed by atoms with Gasteiger partial charge in [0.2, 0.25) is 0 Å². The van der Waals surface area contributed by atoms with Gasteiger partial charge < -0.3 is 15.4 Å². The smallest absolute Gasteiger partial charge is 0.337 e. The lowest BCUT2D eigenvalue weighted by molar-refractivity contribution is -0.136. The third-order valence-electron chi connectivity index (χ3n) is 3.17. The maximum Gasteiger partial charge on any atom is 0.337 e. The Balaban J connectivity index is 2.53. The molecule has 1 aliphatic heterocycles. The molecule has 0 spiro atoms. The van der Waals surface area contributed by atoms with Crippen LogP contribution in [0.2, 0.25) is 0 Å². The zero-order valence-electron chi connectivity index (χ0n) is 11.1. The van der Waals surface area contributed by atoms with E-state index in [1.165, 1.54) is 7.11 Å². The predicted octanol–water partition coefficient (Wildman–Crippen LogP) is 1.96. The average Bonchev–Trinajstić information content (AvgIpc) is 2.37. The van der Waals surface area contributed by atoms with Crippen molar-refractivity contribution in [3.05, 3.63) is 46.7 Å². The van der Waals surface area contributed by atoms with Gasteiger partial charge in [0.15, 0.2) is 5.11 Å². The Morgan fingerprint density at radius 2 is 2.00 bits per heavy atom. The van der Waals surface area contributed by atoms with E-state index < -0.39 is 0 Å². The fourth-order valence-electron chi connectivity index (χ4n) is 2.22. The molecule has 5 heteroatoms. The average molecular weight is 276 g/mol. The first-order valence-corrected chi connectivity index (χ1v) is 6.37. The molecule has 1 heterocycles. The van der Waals surface area contributed by atoms with Gasteiger partial charge in [-0.2, -0.15) is 0 Å². The van der Waals surface area contributed by atoms with E-state index >= 15 is 0 Å². The number of nitrogens with one attached hydrogen (secondary N) is 2. The highest BCUT2D eigenvalue weighted by Crippen LogP contribution is 2.29. The number of methoxy groups -OCH3 is 1. The molecule has 4 nitrogen and oxygen atoms in total. The number of ether oxygens (including phenoxy) is 1. The van der Waals surface area contributed by atoms with Crippen LogP contribution in [0.25, 0.3) is 0 Å². The Bertz CT molecular complexity index is 566. The minimum atomic E-state index is -0.353. The van der Waals surface area contributed by atoms with Crippen LogP contribution >= 0.6 is 12.2 Å². The molecule has 1 atom stereocenters. The Kier molecular flexibility index (Phi) is 3.85. The van der Waals surface area contributed by atoms with Crippen molar-refractivity contribution in [2.24, 2.45) is 0 Å². The molecule has 1 aliphatic rings. The summed E-state index contributed by atoms with van der Waals surface area (Å²) in [5.74, 6) is -0.353. The largest absolute Gasteiger partial charge is 0.466 e. The molecule has 0 fully saturated rings. The molecule has 0 saturated heterocycles. The van der Waals surface area contributed by atoms with Crippen molar-refractivity contribution in [2.45, 2.75) is 19.9 Å². The Labute approximate surface area is 117 Å². The van der Waals surface area contributed by atoms with Gasteiger partial charge in [0, 0.05) is 5.70 Å². The zero-order chi connectivity index (χ0) is 14.0. The van der Waals surface area contributed by atoms with E-state index in [1.54, 1.807) is 0 Å². The van der Waals surface area contributed by atoms with Crippen LogP contribution < -0.4 is 10.6 Å². The molecule has 0 radical (unpaired) electrons. The summed E-state index contributed by atoms with van der Waals surface area (Å²) < 4.78 is 4.87. The second-order valence-corrected chi connectivity index (χ2v) is 4.83. The van der Waals surface area contributed by atoms with Gasteiger partial charge in [-0.05, 0) is 37.2 Å². The number of allylic oxidation sites excluding steroid dienone is 1. The third-order valence-corrected chi connectivity index (χ3v) is 3.39. The van der Waals surface area contributed by atoms with Crippen molar-refractivity contribution in [2.75, 3.05) is 7.11 Å². The highest BCUT2D eigenvalue weighted by Gasteiger charge is 2.31. The number of thiocarbonyl (C=S) groups is 1. The van der Waals surface area contributed by atoms with E-state index in [0.29, 0.717) is 10.7 Å². The SMILES string of the molecule is COC(=O)C1=C(C)NC(=S)N[C@@H]1c1ccccc1C. The maximum absolute atomic E-state index is 12.0. The predicted molar refractivity (Wildman–Crippen MR) is 77.5 cm³/mol. The third kappa shape index (κ3) is 2.61. The lowest BCUT2D eigenvalue weighted by Gasteiger charge is -2.30. The highest BCUT2D eigenvalue weighted by atomic mass is 32.1. The number of carbonyl (C=O) groups is 1. The molecular formula is C14H16N2O2S. The number of esters is 1. The first-order valence-electron chi connectivity index (χ1n) is 5.96. The van der Waals surface area contributed by atoms with E-state index in [1.807, 2.05) is 38.1 Å². The molecule has 2 N–H and O–H groups in total. The van der Waals surface area contributed by atoms with Crippen molar-refractivity contribution < 1.29 is 9.53 Å². The lowest BCUT2D eigenvalue weighted by atomic mass is 9.92. The summed E-state index contributed by atoms with van der Waals surface area (Å²) in [6, 6.07) is 7.62. The van der Waals surface area contributed by atoms with Gasteiger partial charge in [-0.15, -0.1) is 0 Å². The monoisotopic (exact) mass is 276 g/mol. The quantitative estimate of drug-likeness (QED) is 0.639. The van der Waals surface area contributed by atoms with Crippen LogP contribution in [-0.2, 0) is 9.53 Å². The number of hydrogen-bond donors (Lipinski definition) is 2. The van der Waals surface area contributed by atoms with Gasteiger partial charge in [0.25, 0.3) is 0 Å². The molecule has 0 aromatic heterocycles. The van der Waals surface area contributed by atoms with E-state index in [4.69, 9.17) is 17.0 Å². The van der Waals surface area contributed by atoms with E-state index in [-0.39, 0.29) is 12.0 Å². The molecule has 0 bridgehead atoms. The topological polar surface area (TPSA) is 50.4 Å². The van der Waals surface area contributed by atoms with Gasteiger partial charge in [0.1, 0.15) is 0 Å². The van der Waals surface area contributed by atoms with Crippen LogP contribution in [0.1, 0.15) is 24.1 Å². The minimum Gasteiger partial charge on any atom is -0.466 e. The molecule has 100 valence electrons. The number of hydrogen-bond acceptors (Lipinski definition) is 3. The Morgan fingerprint density at radius 3 is 2.63 bits per heavy atom. The normalized spacial score (nSPS) is 18.7. The summed E-state index contributed by atoms with van der Waals surface area (Å²) in [5.41, 5.74) is 3.40. The molecule has 0 aliphatic carbocycles. The molecule has 0 amide bonds. The summed E-state index contributed by atoms with van der Waals surface area (Å²) in [6.45, 7) is 3.83. The summed E-state index contributed by atoms with van der Waals surface area (Å²) in [4.78, 5) is 12.0. The number of carbonyl (C=O) groups excluding carboxylic acids is 1. The first-order chi connectivity index (χ1) is 9.04. The van der Waals surface area contributed by atoms with E-state index in [0.717, 1.165) is 16.8 Å². The van der Waals surface area contributed by atoms with Crippen molar-refractivity contribution in [3.8, 4) is 0 Å². The van der Waals surface area contributed by atoms with Crippen molar-refractivity contribution in [1.29, 1.82) is 0 Å². The summed E-state index contributed by atoms with van der Waals surface area (Å²) in [7, 11) is 1.38.